The molecule has 0 aliphatic carbocycles. The van der Waals surface area contributed by atoms with E-state index in [9.17, 15) is 4.79 Å². The quantitative estimate of drug-likeness (QED) is 0.341. The average molecular weight is 530 g/mol. The van der Waals surface area contributed by atoms with Crippen LogP contribution in [0.4, 0.5) is 5.82 Å². The zero-order chi connectivity index (χ0) is 26.6. The van der Waals surface area contributed by atoms with Crippen LogP contribution in [0.1, 0.15) is 35.6 Å². The molecule has 2 fully saturated rings. The van der Waals surface area contributed by atoms with Crippen molar-refractivity contribution in [1.29, 1.82) is 0 Å². The SMILES string of the molecule is Cc1cc(-c2nc(-c3ccc(C4CCOCC4)cc3)no2)nn1Cc1ccnc(N2CCNCC2OC=O)c1. The lowest BCUT2D eigenvalue weighted by atomic mass is 9.91. The van der Waals surface area contributed by atoms with Crippen LogP contribution in [0.5, 0.6) is 0 Å². The summed E-state index contributed by atoms with van der Waals surface area (Å²) in [6.07, 6.45) is 3.49. The van der Waals surface area contributed by atoms with E-state index in [1.807, 2.05) is 46.8 Å². The third-order valence-corrected chi connectivity index (χ3v) is 7.33. The Morgan fingerprint density at radius 2 is 2.00 bits per heavy atom. The van der Waals surface area contributed by atoms with E-state index in [0.717, 1.165) is 55.2 Å². The summed E-state index contributed by atoms with van der Waals surface area (Å²) in [5, 5.41) is 12.2. The van der Waals surface area contributed by atoms with Crippen LogP contribution < -0.4 is 10.2 Å². The number of benzene rings is 1. The molecule has 0 saturated carbocycles. The van der Waals surface area contributed by atoms with Crippen LogP contribution in [-0.4, -0.2) is 70.5 Å². The normalized spacial score (nSPS) is 18.3. The number of hydrogen-bond acceptors (Lipinski definition) is 10. The van der Waals surface area contributed by atoms with Crippen molar-refractivity contribution in [3.8, 4) is 23.0 Å². The van der Waals surface area contributed by atoms with Gasteiger partial charge >= 0.3 is 0 Å². The van der Waals surface area contributed by atoms with Crippen molar-refractivity contribution in [1.82, 2.24) is 30.2 Å². The molecule has 39 heavy (non-hydrogen) atoms. The number of carbonyl (C=O) groups excluding carboxylic acids is 1. The predicted molar refractivity (Wildman–Crippen MR) is 143 cm³/mol. The molecular weight excluding hydrogens is 498 g/mol. The van der Waals surface area contributed by atoms with Crippen LogP contribution in [0.25, 0.3) is 23.0 Å². The lowest BCUT2D eigenvalue weighted by molar-refractivity contribution is -0.133. The Balaban J connectivity index is 1.16. The molecule has 1 unspecified atom stereocenters. The van der Waals surface area contributed by atoms with Crippen molar-refractivity contribution in [2.75, 3.05) is 37.7 Å². The maximum Gasteiger partial charge on any atom is 0.295 e. The second-order valence-electron chi connectivity index (χ2n) is 9.87. The summed E-state index contributed by atoms with van der Waals surface area (Å²) in [4.78, 5) is 22.1. The van der Waals surface area contributed by atoms with Crippen molar-refractivity contribution in [2.45, 2.75) is 38.5 Å². The van der Waals surface area contributed by atoms with Gasteiger partial charge in [0.1, 0.15) is 5.82 Å². The minimum Gasteiger partial charge on any atom is -0.442 e. The highest BCUT2D eigenvalue weighted by molar-refractivity contribution is 5.58. The molecule has 0 spiro atoms. The number of anilines is 1. The van der Waals surface area contributed by atoms with E-state index in [-0.39, 0.29) is 6.23 Å². The number of aryl methyl sites for hydroxylation is 1. The molecule has 3 aromatic heterocycles. The van der Waals surface area contributed by atoms with Crippen molar-refractivity contribution >= 4 is 12.3 Å². The van der Waals surface area contributed by atoms with Crippen molar-refractivity contribution < 1.29 is 18.8 Å². The average Bonchev–Trinajstić information content (AvgIpc) is 3.61. The van der Waals surface area contributed by atoms with Gasteiger partial charge in [0.25, 0.3) is 12.4 Å². The molecule has 202 valence electrons. The van der Waals surface area contributed by atoms with Gasteiger partial charge in [0.2, 0.25) is 5.82 Å². The molecule has 1 atom stereocenters. The van der Waals surface area contributed by atoms with Crippen LogP contribution in [0, 0.1) is 6.92 Å². The molecule has 2 saturated heterocycles. The minimum absolute atomic E-state index is 0.380. The van der Waals surface area contributed by atoms with E-state index in [1.54, 1.807) is 6.20 Å². The fourth-order valence-electron chi connectivity index (χ4n) is 5.17. The Hall–Kier alpha value is -4.09. The number of ether oxygens (including phenoxy) is 2. The molecule has 0 radical (unpaired) electrons. The van der Waals surface area contributed by atoms with Gasteiger partial charge < -0.3 is 24.2 Å². The summed E-state index contributed by atoms with van der Waals surface area (Å²) in [7, 11) is 0. The Labute approximate surface area is 226 Å². The number of aromatic nitrogens is 5. The lowest BCUT2D eigenvalue weighted by Gasteiger charge is -2.35. The number of hydrogen-bond donors (Lipinski definition) is 1. The number of nitrogens with one attached hydrogen (secondary N) is 1. The Bertz CT molecular complexity index is 1410. The van der Waals surface area contributed by atoms with Crippen LogP contribution in [0.3, 0.4) is 0 Å². The van der Waals surface area contributed by atoms with E-state index in [2.05, 4.69) is 32.6 Å². The van der Waals surface area contributed by atoms with Crippen LogP contribution >= 0.6 is 0 Å². The maximum absolute atomic E-state index is 10.9. The summed E-state index contributed by atoms with van der Waals surface area (Å²) >= 11 is 0. The largest absolute Gasteiger partial charge is 0.442 e. The smallest absolute Gasteiger partial charge is 0.295 e. The van der Waals surface area contributed by atoms with Gasteiger partial charge in [-0.1, -0.05) is 29.4 Å². The highest BCUT2D eigenvalue weighted by Crippen LogP contribution is 2.29. The third-order valence-electron chi connectivity index (χ3n) is 7.33. The van der Waals surface area contributed by atoms with Gasteiger partial charge in [-0.2, -0.15) is 10.1 Å². The Morgan fingerprint density at radius 1 is 1.15 bits per heavy atom. The van der Waals surface area contributed by atoms with Crippen LogP contribution in [0.15, 0.2) is 53.2 Å². The third kappa shape index (κ3) is 5.55. The highest BCUT2D eigenvalue weighted by atomic mass is 16.5. The number of carbonyl (C=O) groups is 1. The van der Waals surface area contributed by atoms with Gasteiger partial charge in [0, 0.05) is 43.8 Å². The van der Waals surface area contributed by atoms with Gasteiger partial charge in [0.15, 0.2) is 11.9 Å². The molecule has 5 heterocycles. The molecule has 0 bridgehead atoms. The second-order valence-corrected chi connectivity index (χ2v) is 9.87. The summed E-state index contributed by atoms with van der Waals surface area (Å²) in [6, 6.07) is 14.3. The molecule has 11 heteroatoms. The number of pyridine rings is 1. The fourth-order valence-corrected chi connectivity index (χ4v) is 5.17. The number of piperazine rings is 1. The molecule has 6 rings (SSSR count). The zero-order valence-electron chi connectivity index (χ0n) is 21.8. The molecule has 2 aliphatic heterocycles. The first-order valence-electron chi connectivity index (χ1n) is 13.3. The fraction of sp³-hybridized carbons (Fsp3) is 0.393. The van der Waals surface area contributed by atoms with Gasteiger partial charge in [-0.15, -0.1) is 0 Å². The first-order valence-corrected chi connectivity index (χ1v) is 13.3. The summed E-state index contributed by atoms with van der Waals surface area (Å²) in [6.45, 7) is 6.70. The second kappa shape index (κ2) is 11.3. The summed E-state index contributed by atoms with van der Waals surface area (Å²) in [5.41, 5.74) is 4.85. The molecule has 1 N–H and O–H groups in total. The topological polar surface area (TPSA) is 120 Å². The van der Waals surface area contributed by atoms with E-state index in [0.29, 0.717) is 49.4 Å². The summed E-state index contributed by atoms with van der Waals surface area (Å²) < 4.78 is 18.2. The lowest BCUT2D eigenvalue weighted by Crippen LogP contribution is -2.52. The molecular formula is C28H31N7O4. The monoisotopic (exact) mass is 529 g/mol. The van der Waals surface area contributed by atoms with Crippen molar-refractivity contribution in [3.05, 3.63) is 65.5 Å². The van der Waals surface area contributed by atoms with Gasteiger partial charge in [0.05, 0.1) is 13.1 Å². The Kier molecular flexibility index (Phi) is 7.33. The predicted octanol–water partition coefficient (Wildman–Crippen LogP) is 3.15. The van der Waals surface area contributed by atoms with Crippen molar-refractivity contribution in [2.24, 2.45) is 0 Å². The zero-order valence-corrected chi connectivity index (χ0v) is 21.8. The van der Waals surface area contributed by atoms with Crippen LogP contribution in [0.2, 0.25) is 0 Å². The van der Waals surface area contributed by atoms with Crippen molar-refractivity contribution in [3.63, 3.8) is 0 Å². The molecule has 0 amide bonds. The van der Waals surface area contributed by atoms with E-state index in [1.165, 1.54) is 5.56 Å². The number of rotatable bonds is 8. The molecule has 2 aliphatic rings. The van der Waals surface area contributed by atoms with Gasteiger partial charge in [-0.3, -0.25) is 9.48 Å². The first-order chi connectivity index (χ1) is 19.2. The highest BCUT2D eigenvalue weighted by Gasteiger charge is 2.25. The van der Waals surface area contributed by atoms with Gasteiger partial charge in [-0.25, -0.2) is 4.98 Å². The molecule has 4 aromatic rings. The number of nitrogens with zero attached hydrogens (tertiary/aromatic N) is 6. The maximum atomic E-state index is 10.9. The minimum atomic E-state index is -0.387. The first kappa shape index (κ1) is 25.2. The molecule has 11 nitrogen and oxygen atoms in total. The summed E-state index contributed by atoms with van der Waals surface area (Å²) in [5.74, 6) is 2.22. The van der Waals surface area contributed by atoms with E-state index < -0.39 is 0 Å². The van der Waals surface area contributed by atoms with Gasteiger partial charge in [-0.05, 0) is 55.0 Å². The Morgan fingerprint density at radius 3 is 2.82 bits per heavy atom. The standard InChI is InChI=1S/C28H31N7O4/c1-19-14-24(28-31-27(33-39-28)23-4-2-21(3-5-23)22-7-12-37-13-8-22)32-35(19)17-20-6-9-30-25(15-20)34-11-10-29-16-26(34)38-18-36/h2-6,9,14-15,18,22,26,29H,7-8,10-13,16-17H2,1H3. The van der Waals surface area contributed by atoms with E-state index in [4.69, 9.17) is 19.1 Å². The van der Waals surface area contributed by atoms with Crippen LogP contribution in [-0.2, 0) is 20.8 Å². The molecule has 1 aromatic carbocycles. The van der Waals surface area contributed by atoms with E-state index >= 15 is 0 Å².